The van der Waals surface area contributed by atoms with Gasteiger partial charge in [0, 0.05) is 0 Å². The maximum atomic E-state index is 10.7. The fraction of sp³-hybridized carbons (Fsp3) is 0.667. The summed E-state index contributed by atoms with van der Waals surface area (Å²) in [7, 11) is -2.04. The highest BCUT2D eigenvalue weighted by Crippen LogP contribution is 2.43. The van der Waals surface area contributed by atoms with Gasteiger partial charge in [0.25, 0.3) is 0 Å². The van der Waals surface area contributed by atoms with Crippen molar-refractivity contribution in [1.29, 1.82) is 0 Å². The van der Waals surface area contributed by atoms with E-state index in [1.807, 2.05) is 37.3 Å². The molecular weight excluding hydrogens is 342 g/mol. The largest absolute Gasteiger partial charge is 0.410 e. The highest BCUT2D eigenvalue weighted by molar-refractivity contribution is 6.77. The Labute approximate surface area is 160 Å². The fourth-order valence-electron chi connectivity index (χ4n) is 3.97. The number of benzene rings is 1. The number of aliphatic hydroxyl groups excluding tert-OH is 1. The van der Waals surface area contributed by atoms with Crippen LogP contribution in [0.25, 0.3) is 0 Å². The van der Waals surface area contributed by atoms with Crippen molar-refractivity contribution in [3.05, 3.63) is 35.9 Å². The molecule has 0 aliphatic rings. The van der Waals surface area contributed by atoms with E-state index in [0.29, 0.717) is 28.9 Å². The van der Waals surface area contributed by atoms with Crippen LogP contribution < -0.4 is 0 Å². The van der Waals surface area contributed by atoms with E-state index in [1.54, 1.807) is 6.92 Å². The van der Waals surface area contributed by atoms with Gasteiger partial charge in [-0.05, 0) is 36.0 Å². The number of nitrogens with zero attached hydrogens (tertiary/aromatic N) is 1. The van der Waals surface area contributed by atoms with Crippen LogP contribution in [0.3, 0.4) is 0 Å². The summed E-state index contributed by atoms with van der Waals surface area (Å²) in [5, 5.41) is 14.8. The van der Waals surface area contributed by atoms with Crippen LogP contribution in [0.1, 0.15) is 61.0 Å². The van der Waals surface area contributed by atoms with Crippen LogP contribution in [0.4, 0.5) is 0 Å². The fourth-order valence-corrected chi connectivity index (χ4v) is 9.56. The average molecular weight is 380 g/mol. The summed E-state index contributed by atoms with van der Waals surface area (Å²) in [6.45, 7) is 17.6. The topological polar surface area (TPSA) is 51.0 Å². The first kappa shape index (κ1) is 22.9. The number of hydrogen-bond acceptors (Lipinski definition) is 4. The van der Waals surface area contributed by atoms with Crippen molar-refractivity contribution >= 4 is 14.0 Å². The Bertz CT molecular complexity index is 536. The lowest BCUT2D eigenvalue weighted by molar-refractivity contribution is 0.0694. The van der Waals surface area contributed by atoms with E-state index in [9.17, 15) is 5.11 Å². The zero-order chi connectivity index (χ0) is 19.9. The Hall–Kier alpha value is -1.17. The van der Waals surface area contributed by atoms with Crippen molar-refractivity contribution in [3.8, 4) is 0 Å². The molecule has 0 saturated carbocycles. The van der Waals surface area contributed by atoms with Crippen LogP contribution in [0, 0.1) is 0 Å². The number of oxime groups is 1. The van der Waals surface area contributed by atoms with E-state index >= 15 is 0 Å². The van der Waals surface area contributed by atoms with E-state index in [-0.39, 0.29) is 6.10 Å². The van der Waals surface area contributed by atoms with Crippen molar-refractivity contribution in [3.63, 3.8) is 0 Å². The molecule has 0 spiro atoms. The summed E-state index contributed by atoms with van der Waals surface area (Å²) in [6.07, 6.45) is -1.08. The lowest BCUT2D eigenvalue weighted by Crippen LogP contribution is -2.52. The second-order valence-corrected chi connectivity index (χ2v) is 13.5. The highest BCUT2D eigenvalue weighted by atomic mass is 28.4. The second-order valence-electron chi connectivity index (χ2n) is 8.08. The zero-order valence-corrected chi connectivity index (χ0v) is 18.7. The highest BCUT2D eigenvalue weighted by Gasteiger charge is 2.47. The third-order valence-corrected chi connectivity index (χ3v) is 11.4. The smallest absolute Gasteiger partial charge is 0.200 e. The van der Waals surface area contributed by atoms with Gasteiger partial charge in [-0.25, -0.2) is 0 Å². The molecule has 0 radical (unpaired) electrons. The van der Waals surface area contributed by atoms with Crippen LogP contribution >= 0.6 is 0 Å². The molecule has 1 N–H and O–H groups in total. The Morgan fingerprint density at radius 2 is 1.46 bits per heavy atom. The lowest BCUT2D eigenvalue weighted by Gasteiger charge is -2.44. The van der Waals surface area contributed by atoms with Crippen LogP contribution in [0.15, 0.2) is 35.5 Å². The van der Waals surface area contributed by atoms with Gasteiger partial charge in [-0.1, -0.05) is 77.0 Å². The number of rotatable bonds is 10. The van der Waals surface area contributed by atoms with Crippen molar-refractivity contribution < 1.29 is 14.4 Å². The third-order valence-electron chi connectivity index (χ3n) is 5.25. The maximum absolute atomic E-state index is 10.7. The molecule has 0 fully saturated rings. The molecule has 5 heteroatoms. The molecule has 0 aliphatic heterocycles. The SMILES string of the molecule is C/C(=N\OCc1ccccc1)[C@@H](O)[C@H](C)O[Si](C(C)C)(C(C)C)C(C)C. The molecule has 0 aliphatic carbocycles. The Kier molecular flexibility index (Phi) is 9.00. The molecule has 26 heavy (non-hydrogen) atoms. The van der Waals surface area contributed by atoms with E-state index in [2.05, 4.69) is 46.7 Å². The van der Waals surface area contributed by atoms with E-state index in [0.717, 1.165) is 5.56 Å². The molecule has 4 nitrogen and oxygen atoms in total. The lowest BCUT2D eigenvalue weighted by atomic mass is 10.1. The summed E-state index contributed by atoms with van der Waals surface area (Å²) in [6, 6.07) is 9.87. The number of hydrogen-bond donors (Lipinski definition) is 1. The molecule has 0 amide bonds. The van der Waals surface area contributed by atoms with Crippen molar-refractivity contribution in [2.75, 3.05) is 0 Å². The Morgan fingerprint density at radius 1 is 0.962 bits per heavy atom. The molecule has 0 heterocycles. The molecule has 1 rings (SSSR count). The van der Waals surface area contributed by atoms with Gasteiger partial charge in [0.05, 0.1) is 11.8 Å². The van der Waals surface area contributed by atoms with Gasteiger partial charge < -0.3 is 14.4 Å². The zero-order valence-electron chi connectivity index (χ0n) is 17.7. The predicted molar refractivity (Wildman–Crippen MR) is 112 cm³/mol. The molecule has 1 aromatic rings. The van der Waals surface area contributed by atoms with Gasteiger partial charge in [0.2, 0.25) is 8.32 Å². The minimum absolute atomic E-state index is 0.307. The molecule has 148 valence electrons. The van der Waals surface area contributed by atoms with Crippen LogP contribution in [-0.4, -0.2) is 31.3 Å². The molecule has 0 aromatic heterocycles. The summed E-state index contributed by atoms with van der Waals surface area (Å²) >= 11 is 0. The summed E-state index contributed by atoms with van der Waals surface area (Å²) in [5.74, 6) is 0. The predicted octanol–water partition coefficient (Wildman–Crippen LogP) is 5.52. The Balaban J connectivity index is 2.77. The van der Waals surface area contributed by atoms with Crippen molar-refractivity contribution in [2.45, 2.75) is 90.8 Å². The molecular formula is C21H37NO3Si. The minimum Gasteiger partial charge on any atom is -0.410 e. The molecule has 2 atom stereocenters. The van der Waals surface area contributed by atoms with Crippen LogP contribution in [0.5, 0.6) is 0 Å². The Morgan fingerprint density at radius 3 is 1.92 bits per heavy atom. The number of aliphatic hydroxyl groups is 1. The molecule has 0 unspecified atom stereocenters. The van der Waals surface area contributed by atoms with Gasteiger partial charge in [-0.2, -0.15) is 0 Å². The summed E-state index contributed by atoms with van der Waals surface area (Å²) in [4.78, 5) is 5.41. The quantitative estimate of drug-likeness (QED) is 0.331. The van der Waals surface area contributed by atoms with Crippen molar-refractivity contribution in [1.82, 2.24) is 0 Å². The van der Waals surface area contributed by atoms with Gasteiger partial charge in [0.15, 0.2) is 0 Å². The molecule has 1 aromatic carbocycles. The average Bonchev–Trinajstić information content (AvgIpc) is 2.58. The van der Waals surface area contributed by atoms with E-state index in [4.69, 9.17) is 9.26 Å². The van der Waals surface area contributed by atoms with Crippen LogP contribution in [0.2, 0.25) is 16.6 Å². The maximum Gasteiger partial charge on any atom is 0.200 e. The first-order chi connectivity index (χ1) is 12.1. The molecule has 0 bridgehead atoms. The van der Waals surface area contributed by atoms with E-state index in [1.165, 1.54) is 0 Å². The molecule has 0 saturated heterocycles. The van der Waals surface area contributed by atoms with Gasteiger partial charge in [-0.3, -0.25) is 0 Å². The monoisotopic (exact) mass is 379 g/mol. The first-order valence-electron chi connectivity index (χ1n) is 9.69. The van der Waals surface area contributed by atoms with Gasteiger partial charge >= 0.3 is 0 Å². The van der Waals surface area contributed by atoms with E-state index < -0.39 is 14.4 Å². The van der Waals surface area contributed by atoms with Crippen molar-refractivity contribution in [2.24, 2.45) is 5.16 Å². The van der Waals surface area contributed by atoms with Gasteiger partial charge in [0.1, 0.15) is 12.7 Å². The standard InChI is InChI=1S/C21H37NO3Si/c1-15(2)26(16(3)4,17(5)6)25-19(8)21(23)18(7)22-24-14-20-12-10-9-11-13-20/h9-13,15-17,19,21,23H,14H2,1-8H3/b22-18+/t19-,21+/m0/s1. The van der Waals surface area contributed by atoms with Gasteiger partial charge in [-0.15, -0.1) is 0 Å². The summed E-state index contributed by atoms with van der Waals surface area (Å²) < 4.78 is 6.62. The third kappa shape index (κ3) is 5.66. The second kappa shape index (κ2) is 10.2. The first-order valence-corrected chi connectivity index (χ1v) is 11.8. The summed E-state index contributed by atoms with van der Waals surface area (Å²) in [5.41, 5.74) is 3.03. The normalized spacial score (nSPS) is 15.6. The minimum atomic E-state index is -2.04. The van der Waals surface area contributed by atoms with Crippen LogP contribution in [-0.2, 0) is 15.9 Å².